The van der Waals surface area contributed by atoms with Crippen molar-refractivity contribution >= 4 is 33.4 Å². The maximum absolute atomic E-state index is 12.0. The zero-order valence-corrected chi connectivity index (χ0v) is 12.1. The minimum atomic E-state index is -0.0340. The van der Waals surface area contributed by atoms with Crippen molar-refractivity contribution < 1.29 is 4.79 Å². The van der Waals surface area contributed by atoms with E-state index in [1.165, 1.54) is 12.8 Å². The standard InChI is InChI=1S/C13H15BrClNO/c1-2-13(5-6-13)8-16-12(17)10-4-3-9(15)7-11(10)14/h3-4,7H,2,5-6,8H2,1H3,(H,16,17). The highest BCUT2D eigenvalue weighted by atomic mass is 79.9. The number of carbonyl (C=O) groups excluding carboxylic acids is 1. The molecule has 1 fully saturated rings. The minimum absolute atomic E-state index is 0.0340. The highest BCUT2D eigenvalue weighted by molar-refractivity contribution is 9.10. The second-order valence-electron chi connectivity index (χ2n) is 4.66. The van der Waals surface area contributed by atoms with Gasteiger partial charge in [-0.3, -0.25) is 4.79 Å². The highest BCUT2D eigenvalue weighted by Gasteiger charge is 2.40. The molecule has 1 aliphatic rings. The summed E-state index contributed by atoms with van der Waals surface area (Å²) in [6, 6.07) is 5.21. The molecule has 4 heteroatoms. The third kappa shape index (κ3) is 3.02. The summed E-state index contributed by atoms with van der Waals surface area (Å²) in [5, 5.41) is 3.63. The van der Waals surface area contributed by atoms with Gasteiger partial charge in [-0.1, -0.05) is 18.5 Å². The predicted octanol–water partition coefficient (Wildman–Crippen LogP) is 4.02. The smallest absolute Gasteiger partial charge is 0.252 e. The first kappa shape index (κ1) is 12.9. The molecule has 1 N–H and O–H groups in total. The van der Waals surface area contributed by atoms with E-state index in [9.17, 15) is 4.79 Å². The van der Waals surface area contributed by atoms with Crippen LogP contribution in [0.2, 0.25) is 5.02 Å². The molecule has 0 atom stereocenters. The Labute approximate surface area is 115 Å². The summed E-state index contributed by atoms with van der Waals surface area (Å²) < 4.78 is 0.740. The molecule has 1 aliphatic carbocycles. The van der Waals surface area contributed by atoms with E-state index < -0.39 is 0 Å². The van der Waals surface area contributed by atoms with Crippen LogP contribution in [0.4, 0.5) is 0 Å². The summed E-state index contributed by atoms with van der Waals surface area (Å²) in [6.07, 6.45) is 3.59. The second-order valence-corrected chi connectivity index (χ2v) is 5.95. The molecule has 0 aliphatic heterocycles. The zero-order valence-electron chi connectivity index (χ0n) is 9.72. The van der Waals surface area contributed by atoms with E-state index in [1.807, 2.05) is 0 Å². The maximum atomic E-state index is 12.0. The summed E-state index contributed by atoms with van der Waals surface area (Å²) in [6.45, 7) is 2.95. The topological polar surface area (TPSA) is 29.1 Å². The summed E-state index contributed by atoms with van der Waals surface area (Å²) in [4.78, 5) is 12.0. The number of rotatable bonds is 4. The van der Waals surface area contributed by atoms with Gasteiger partial charge >= 0.3 is 0 Å². The number of carbonyl (C=O) groups is 1. The van der Waals surface area contributed by atoms with Crippen LogP contribution < -0.4 is 5.32 Å². The lowest BCUT2D eigenvalue weighted by atomic mass is 10.0. The van der Waals surface area contributed by atoms with E-state index in [4.69, 9.17) is 11.6 Å². The van der Waals surface area contributed by atoms with Gasteiger partial charge in [0.1, 0.15) is 0 Å². The van der Waals surface area contributed by atoms with E-state index >= 15 is 0 Å². The van der Waals surface area contributed by atoms with Crippen LogP contribution in [0.3, 0.4) is 0 Å². The summed E-state index contributed by atoms with van der Waals surface area (Å²) >= 11 is 9.20. The molecule has 2 rings (SSSR count). The predicted molar refractivity (Wildman–Crippen MR) is 73.4 cm³/mol. The van der Waals surface area contributed by atoms with E-state index in [0.717, 1.165) is 17.4 Å². The quantitative estimate of drug-likeness (QED) is 0.893. The van der Waals surface area contributed by atoms with Gasteiger partial charge < -0.3 is 5.32 Å². The lowest BCUT2D eigenvalue weighted by Crippen LogP contribution is -2.30. The van der Waals surface area contributed by atoms with Gasteiger partial charge in [0, 0.05) is 16.0 Å². The summed E-state index contributed by atoms with van der Waals surface area (Å²) in [5.41, 5.74) is 1.01. The van der Waals surface area contributed by atoms with Crippen molar-refractivity contribution in [2.24, 2.45) is 5.41 Å². The molecule has 0 bridgehead atoms. The maximum Gasteiger partial charge on any atom is 0.252 e. The lowest BCUT2D eigenvalue weighted by molar-refractivity contribution is 0.0943. The van der Waals surface area contributed by atoms with Crippen LogP contribution >= 0.6 is 27.5 Å². The normalized spacial score (nSPS) is 16.6. The number of hydrogen-bond donors (Lipinski definition) is 1. The molecule has 0 unspecified atom stereocenters. The molecule has 2 nitrogen and oxygen atoms in total. The third-order valence-corrected chi connectivity index (χ3v) is 4.40. The van der Waals surface area contributed by atoms with Gasteiger partial charge in [0.05, 0.1) is 5.56 Å². The highest BCUT2D eigenvalue weighted by Crippen LogP contribution is 2.47. The fourth-order valence-corrected chi connectivity index (χ4v) is 2.73. The Kier molecular flexibility index (Phi) is 3.79. The van der Waals surface area contributed by atoms with Crippen molar-refractivity contribution in [2.45, 2.75) is 26.2 Å². The van der Waals surface area contributed by atoms with E-state index in [-0.39, 0.29) is 5.91 Å². The van der Waals surface area contributed by atoms with Crippen LogP contribution in [0.15, 0.2) is 22.7 Å². The molecule has 1 aromatic carbocycles. The number of hydrogen-bond acceptors (Lipinski definition) is 1. The van der Waals surface area contributed by atoms with Crippen molar-refractivity contribution in [3.8, 4) is 0 Å². The number of amides is 1. The van der Waals surface area contributed by atoms with Crippen molar-refractivity contribution in [2.75, 3.05) is 6.54 Å². The van der Waals surface area contributed by atoms with Crippen LogP contribution in [0.5, 0.6) is 0 Å². The van der Waals surface area contributed by atoms with Gasteiger partial charge in [-0.05, 0) is 58.8 Å². The molecule has 17 heavy (non-hydrogen) atoms. The molecule has 0 spiro atoms. The molecule has 92 valence electrons. The van der Waals surface area contributed by atoms with Crippen molar-refractivity contribution in [3.05, 3.63) is 33.3 Å². The van der Waals surface area contributed by atoms with Crippen LogP contribution in [-0.2, 0) is 0 Å². The second kappa shape index (κ2) is 4.99. The summed E-state index contributed by atoms with van der Waals surface area (Å²) in [5.74, 6) is -0.0340. The first-order valence-electron chi connectivity index (χ1n) is 5.79. The van der Waals surface area contributed by atoms with Crippen molar-refractivity contribution in [1.82, 2.24) is 5.32 Å². The lowest BCUT2D eigenvalue weighted by Gasteiger charge is -2.14. The first-order chi connectivity index (χ1) is 8.06. The molecular formula is C13H15BrClNO. The van der Waals surface area contributed by atoms with E-state index in [1.54, 1.807) is 18.2 Å². The SMILES string of the molecule is CCC1(CNC(=O)c2ccc(Cl)cc2Br)CC1. The minimum Gasteiger partial charge on any atom is -0.351 e. The number of benzene rings is 1. The fraction of sp³-hybridized carbons (Fsp3) is 0.462. The van der Waals surface area contributed by atoms with Gasteiger partial charge in [0.15, 0.2) is 0 Å². The van der Waals surface area contributed by atoms with E-state index in [2.05, 4.69) is 28.2 Å². The molecule has 1 amide bonds. The Hall–Kier alpha value is -0.540. The fourth-order valence-electron chi connectivity index (χ4n) is 1.87. The van der Waals surface area contributed by atoms with Crippen LogP contribution in [-0.4, -0.2) is 12.5 Å². The Morgan fingerprint density at radius 3 is 2.76 bits per heavy atom. The Morgan fingerprint density at radius 1 is 1.53 bits per heavy atom. The molecule has 0 radical (unpaired) electrons. The average Bonchev–Trinajstić information content (AvgIpc) is 3.07. The van der Waals surface area contributed by atoms with Gasteiger partial charge in [-0.15, -0.1) is 0 Å². The molecule has 0 aromatic heterocycles. The largest absolute Gasteiger partial charge is 0.351 e. The molecule has 1 saturated carbocycles. The van der Waals surface area contributed by atoms with Crippen LogP contribution in [0.25, 0.3) is 0 Å². The monoisotopic (exact) mass is 315 g/mol. The van der Waals surface area contributed by atoms with Gasteiger partial charge in [0.25, 0.3) is 5.91 Å². The van der Waals surface area contributed by atoms with Crippen molar-refractivity contribution in [1.29, 1.82) is 0 Å². The Bertz CT molecular complexity index is 443. The molecule has 0 heterocycles. The molecule has 1 aromatic rings. The third-order valence-electron chi connectivity index (χ3n) is 3.51. The van der Waals surface area contributed by atoms with Crippen molar-refractivity contribution in [3.63, 3.8) is 0 Å². The van der Waals surface area contributed by atoms with Gasteiger partial charge in [0.2, 0.25) is 0 Å². The first-order valence-corrected chi connectivity index (χ1v) is 6.97. The summed E-state index contributed by atoms with van der Waals surface area (Å²) in [7, 11) is 0. The molecular weight excluding hydrogens is 302 g/mol. The average molecular weight is 317 g/mol. The van der Waals surface area contributed by atoms with Gasteiger partial charge in [-0.25, -0.2) is 0 Å². The Balaban J connectivity index is 2.00. The van der Waals surface area contributed by atoms with Crippen LogP contribution in [0, 0.1) is 5.41 Å². The van der Waals surface area contributed by atoms with E-state index in [0.29, 0.717) is 16.0 Å². The Morgan fingerprint density at radius 2 is 2.24 bits per heavy atom. The zero-order chi connectivity index (χ0) is 12.5. The number of halogens is 2. The molecule has 0 saturated heterocycles. The van der Waals surface area contributed by atoms with Gasteiger partial charge in [-0.2, -0.15) is 0 Å². The number of nitrogens with one attached hydrogen (secondary N) is 1. The van der Waals surface area contributed by atoms with Crippen LogP contribution in [0.1, 0.15) is 36.5 Å².